The van der Waals surface area contributed by atoms with Gasteiger partial charge in [-0.15, -0.1) is 0 Å². The molecule has 6 heteroatoms. The third-order valence-electron chi connectivity index (χ3n) is 1.61. The molecule has 1 heterocycles. The second-order valence-corrected chi connectivity index (χ2v) is 7.42. The van der Waals surface area contributed by atoms with Gasteiger partial charge >= 0.3 is 0 Å². The maximum absolute atomic E-state index is 11.7. The summed E-state index contributed by atoms with van der Waals surface area (Å²) in [5, 5.41) is 0. The van der Waals surface area contributed by atoms with E-state index in [0.29, 0.717) is 5.82 Å². The molecule has 0 aliphatic carbocycles. The van der Waals surface area contributed by atoms with Crippen molar-refractivity contribution in [1.82, 2.24) is 4.98 Å². The molecule has 0 spiro atoms. The minimum absolute atomic E-state index is 0.0672. The van der Waals surface area contributed by atoms with Gasteiger partial charge in [-0.2, -0.15) is 0 Å². The summed E-state index contributed by atoms with van der Waals surface area (Å²) in [5.74, 6) is 0.407. The summed E-state index contributed by atoms with van der Waals surface area (Å²) in [4.78, 5) is 3.96. The third kappa shape index (κ3) is 4.94. The van der Waals surface area contributed by atoms with Crippen molar-refractivity contribution in [3.05, 3.63) is 22.8 Å². The van der Waals surface area contributed by atoms with E-state index in [9.17, 15) is 8.42 Å². The smallest absolute Gasteiger partial charge is 0.234 e. The lowest BCUT2D eigenvalue weighted by atomic mass is 10.0. The number of hydrogen-bond donors (Lipinski definition) is 1. The van der Waals surface area contributed by atoms with Gasteiger partial charge in [-0.05, 0) is 33.5 Å². The van der Waals surface area contributed by atoms with Crippen molar-refractivity contribution < 1.29 is 8.42 Å². The third-order valence-corrected chi connectivity index (χ3v) is 3.85. The van der Waals surface area contributed by atoms with Gasteiger partial charge in [-0.25, -0.2) is 13.4 Å². The van der Waals surface area contributed by atoms with Gasteiger partial charge in [0.15, 0.2) is 0 Å². The number of anilines is 1. The zero-order valence-corrected chi connectivity index (χ0v) is 11.9. The second kappa shape index (κ2) is 4.71. The van der Waals surface area contributed by atoms with Gasteiger partial charge in [-0.3, -0.25) is 4.72 Å². The van der Waals surface area contributed by atoms with Crippen molar-refractivity contribution in [1.29, 1.82) is 0 Å². The lowest BCUT2D eigenvalue weighted by Crippen LogP contribution is -2.26. The number of halogens is 1. The van der Waals surface area contributed by atoms with Crippen molar-refractivity contribution in [2.45, 2.75) is 20.8 Å². The zero-order chi connectivity index (χ0) is 12.4. The topological polar surface area (TPSA) is 59.1 Å². The van der Waals surface area contributed by atoms with Crippen molar-refractivity contribution in [2.24, 2.45) is 5.41 Å². The summed E-state index contributed by atoms with van der Waals surface area (Å²) in [6, 6.07) is 3.35. The van der Waals surface area contributed by atoms with Crippen LogP contribution in [-0.2, 0) is 10.0 Å². The summed E-state index contributed by atoms with van der Waals surface area (Å²) >= 11 is 3.23. The fourth-order valence-corrected chi connectivity index (χ4v) is 3.09. The molecule has 0 aromatic carbocycles. The Kier molecular flexibility index (Phi) is 3.96. The number of nitrogens with one attached hydrogen (secondary N) is 1. The number of pyridine rings is 1. The highest BCUT2D eigenvalue weighted by molar-refractivity contribution is 9.10. The largest absolute Gasteiger partial charge is 0.267 e. The second-order valence-electron chi connectivity index (χ2n) is 4.78. The van der Waals surface area contributed by atoms with Crippen molar-refractivity contribution in [2.75, 3.05) is 10.5 Å². The van der Waals surface area contributed by atoms with Crippen LogP contribution in [0.2, 0.25) is 0 Å². The Morgan fingerprint density at radius 2 is 2.00 bits per heavy atom. The van der Waals surface area contributed by atoms with Crippen LogP contribution in [-0.4, -0.2) is 19.2 Å². The summed E-state index contributed by atoms with van der Waals surface area (Å²) in [7, 11) is -3.33. The highest BCUT2D eigenvalue weighted by Crippen LogP contribution is 2.18. The van der Waals surface area contributed by atoms with E-state index in [2.05, 4.69) is 25.6 Å². The van der Waals surface area contributed by atoms with E-state index >= 15 is 0 Å². The quantitative estimate of drug-likeness (QED) is 0.934. The molecule has 0 unspecified atom stereocenters. The first-order chi connectivity index (χ1) is 7.18. The van der Waals surface area contributed by atoms with E-state index in [1.165, 1.54) is 0 Å². The lowest BCUT2D eigenvalue weighted by molar-refractivity contribution is 0.463. The molecule has 16 heavy (non-hydrogen) atoms. The average molecular weight is 307 g/mol. The lowest BCUT2D eigenvalue weighted by Gasteiger charge is -2.18. The zero-order valence-electron chi connectivity index (χ0n) is 9.49. The van der Waals surface area contributed by atoms with E-state index in [4.69, 9.17) is 0 Å². The van der Waals surface area contributed by atoms with Crippen LogP contribution in [0, 0.1) is 5.41 Å². The minimum Gasteiger partial charge on any atom is -0.267 e. The number of nitrogens with zero attached hydrogens (tertiary/aromatic N) is 1. The maximum Gasteiger partial charge on any atom is 0.234 e. The Morgan fingerprint density at radius 1 is 1.38 bits per heavy atom. The molecule has 0 radical (unpaired) electrons. The molecular weight excluding hydrogens is 292 g/mol. The van der Waals surface area contributed by atoms with Gasteiger partial charge in [0.05, 0.1) is 5.75 Å². The number of rotatable bonds is 3. The van der Waals surface area contributed by atoms with Crippen LogP contribution >= 0.6 is 15.9 Å². The van der Waals surface area contributed by atoms with E-state index in [1.807, 2.05) is 20.8 Å². The summed E-state index contributed by atoms with van der Waals surface area (Å²) < 4.78 is 26.7. The molecule has 0 fully saturated rings. The van der Waals surface area contributed by atoms with E-state index in [1.54, 1.807) is 18.3 Å². The van der Waals surface area contributed by atoms with Crippen molar-refractivity contribution in [3.63, 3.8) is 0 Å². The molecule has 0 bridgehead atoms. The molecule has 0 saturated carbocycles. The molecule has 0 aliphatic rings. The van der Waals surface area contributed by atoms with Gasteiger partial charge in [0, 0.05) is 10.7 Å². The van der Waals surface area contributed by atoms with Gasteiger partial charge in [-0.1, -0.05) is 20.8 Å². The molecule has 0 amide bonds. The standard InChI is InChI=1S/C10H15BrN2O2S/c1-10(2,3)7-16(14,15)13-9-5-4-8(11)6-12-9/h4-6H,7H2,1-3H3,(H,12,13). The Morgan fingerprint density at radius 3 is 2.44 bits per heavy atom. The molecule has 1 N–H and O–H groups in total. The van der Waals surface area contributed by atoms with Crippen LogP contribution in [0.1, 0.15) is 20.8 Å². The fourth-order valence-electron chi connectivity index (χ4n) is 1.20. The molecule has 90 valence electrons. The summed E-state index contributed by atoms with van der Waals surface area (Å²) in [6.45, 7) is 5.63. The van der Waals surface area contributed by atoms with Crippen LogP contribution in [0.15, 0.2) is 22.8 Å². The predicted octanol–water partition coefficient (Wildman–Crippen LogP) is 2.63. The first kappa shape index (κ1) is 13.4. The van der Waals surface area contributed by atoms with Crippen LogP contribution in [0.5, 0.6) is 0 Å². The molecule has 1 rings (SSSR count). The van der Waals surface area contributed by atoms with Crippen molar-refractivity contribution in [3.8, 4) is 0 Å². The number of aromatic nitrogens is 1. The van der Waals surface area contributed by atoms with Crippen LogP contribution < -0.4 is 4.72 Å². The molecule has 1 aromatic rings. The van der Waals surface area contributed by atoms with E-state index in [-0.39, 0.29) is 11.2 Å². The Hall–Kier alpha value is -0.620. The normalized spacial score (nSPS) is 12.5. The van der Waals surface area contributed by atoms with Gasteiger partial charge in [0.25, 0.3) is 0 Å². The first-order valence-electron chi connectivity index (χ1n) is 4.80. The summed E-state index contributed by atoms with van der Waals surface area (Å²) in [5.41, 5.74) is -0.277. The monoisotopic (exact) mass is 306 g/mol. The molecular formula is C10H15BrN2O2S. The van der Waals surface area contributed by atoms with Gasteiger partial charge in [0.2, 0.25) is 10.0 Å². The SMILES string of the molecule is CC(C)(C)CS(=O)(=O)Nc1ccc(Br)cn1. The molecule has 1 aromatic heterocycles. The van der Waals surface area contributed by atoms with E-state index in [0.717, 1.165) is 4.47 Å². The summed E-state index contributed by atoms with van der Waals surface area (Å²) in [6.07, 6.45) is 1.55. The Balaban J connectivity index is 2.77. The number of hydrogen-bond acceptors (Lipinski definition) is 3. The maximum atomic E-state index is 11.7. The highest BCUT2D eigenvalue weighted by atomic mass is 79.9. The minimum atomic E-state index is -3.33. The van der Waals surface area contributed by atoms with Gasteiger partial charge in [0.1, 0.15) is 5.82 Å². The van der Waals surface area contributed by atoms with Crippen LogP contribution in [0.25, 0.3) is 0 Å². The molecule has 0 saturated heterocycles. The highest BCUT2D eigenvalue weighted by Gasteiger charge is 2.21. The van der Waals surface area contributed by atoms with Crippen LogP contribution in [0.3, 0.4) is 0 Å². The Bertz CT molecular complexity index is 449. The molecule has 0 aliphatic heterocycles. The molecule has 0 atom stereocenters. The molecule has 4 nitrogen and oxygen atoms in total. The average Bonchev–Trinajstić information content (AvgIpc) is 2.04. The predicted molar refractivity (Wildman–Crippen MR) is 68.8 cm³/mol. The fraction of sp³-hybridized carbons (Fsp3) is 0.500. The first-order valence-corrected chi connectivity index (χ1v) is 7.25. The number of sulfonamides is 1. The van der Waals surface area contributed by atoms with E-state index < -0.39 is 10.0 Å². The Labute approximate surface area is 105 Å². The van der Waals surface area contributed by atoms with Crippen molar-refractivity contribution >= 4 is 31.8 Å². The van der Waals surface area contributed by atoms with Crippen LogP contribution in [0.4, 0.5) is 5.82 Å². The van der Waals surface area contributed by atoms with Gasteiger partial charge < -0.3 is 0 Å².